The summed E-state index contributed by atoms with van der Waals surface area (Å²) in [6.45, 7) is 0.133. The number of hydrogen-bond acceptors (Lipinski definition) is 6. The minimum atomic E-state index is -1.15. The van der Waals surface area contributed by atoms with Gasteiger partial charge in [0.15, 0.2) is 17.3 Å². The van der Waals surface area contributed by atoms with Crippen LogP contribution < -0.4 is 14.8 Å². The van der Waals surface area contributed by atoms with Crippen molar-refractivity contribution in [2.75, 3.05) is 23.7 Å². The largest absolute Gasteiger partial charge is 0.454 e. The lowest BCUT2D eigenvalue weighted by atomic mass is 9.69. The van der Waals surface area contributed by atoms with Gasteiger partial charge in [0.05, 0.1) is 5.92 Å². The summed E-state index contributed by atoms with van der Waals surface area (Å²) in [5.41, 5.74) is 1.91. The highest BCUT2D eigenvalue weighted by Gasteiger charge is 2.69. The molecule has 4 aliphatic rings. The number of nitrogens with one attached hydrogen (secondary N) is 1. The van der Waals surface area contributed by atoms with Gasteiger partial charge >= 0.3 is 0 Å². The fraction of sp³-hybridized carbons (Fsp3) is 0.259. The molecule has 3 aromatic carbocycles. The van der Waals surface area contributed by atoms with Crippen LogP contribution in [0.1, 0.15) is 27.4 Å². The van der Waals surface area contributed by atoms with Gasteiger partial charge in [-0.1, -0.05) is 41.9 Å². The van der Waals surface area contributed by atoms with E-state index < -0.39 is 11.5 Å². The Labute approximate surface area is 211 Å². The van der Waals surface area contributed by atoms with Crippen LogP contribution in [0.3, 0.4) is 0 Å². The number of Topliss-reactive ketones (excluding diaryl/α,β-unsaturated/α-hetero) is 1. The van der Waals surface area contributed by atoms with Crippen molar-refractivity contribution in [3.05, 3.63) is 88.4 Å². The van der Waals surface area contributed by atoms with Crippen LogP contribution >= 0.6 is 23.4 Å². The normalized spacial score (nSPS) is 28.3. The SMILES string of the molecule is O=C(c1ccc2c(c1)OCO2)[C@H]1[C@@H](c2ccccc2)[C@@H]2CSCN2[C@@]12C(=O)Nc1ccc(Cl)cc12. The molecule has 3 aromatic rings. The summed E-state index contributed by atoms with van der Waals surface area (Å²) < 4.78 is 11.0. The number of anilines is 1. The molecule has 35 heavy (non-hydrogen) atoms. The Kier molecular flexibility index (Phi) is 4.72. The predicted molar refractivity (Wildman–Crippen MR) is 134 cm³/mol. The zero-order chi connectivity index (χ0) is 23.7. The molecule has 4 aliphatic heterocycles. The second-order valence-electron chi connectivity index (χ2n) is 9.29. The Morgan fingerprint density at radius 1 is 1.06 bits per heavy atom. The first-order valence-corrected chi connectivity index (χ1v) is 13.1. The minimum absolute atomic E-state index is 0.0287. The highest BCUT2D eigenvalue weighted by atomic mass is 35.5. The summed E-state index contributed by atoms with van der Waals surface area (Å²) >= 11 is 8.26. The lowest BCUT2D eigenvalue weighted by molar-refractivity contribution is -0.127. The van der Waals surface area contributed by atoms with Gasteiger partial charge in [0.2, 0.25) is 12.7 Å². The maximum Gasteiger partial charge on any atom is 0.250 e. The number of amides is 1. The molecule has 0 aromatic heterocycles. The van der Waals surface area contributed by atoms with Crippen LogP contribution in [0.25, 0.3) is 0 Å². The topological polar surface area (TPSA) is 67.9 Å². The van der Waals surface area contributed by atoms with Crippen molar-refractivity contribution < 1.29 is 19.1 Å². The molecular weight excluding hydrogens is 484 g/mol. The Balaban J connectivity index is 1.47. The van der Waals surface area contributed by atoms with E-state index in [1.54, 1.807) is 36.0 Å². The Hall–Kier alpha value is -3.00. The van der Waals surface area contributed by atoms with Gasteiger partial charge in [0, 0.05) is 45.4 Å². The third-order valence-electron chi connectivity index (χ3n) is 7.71. The van der Waals surface area contributed by atoms with Crippen molar-refractivity contribution in [3.8, 4) is 11.5 Å². The maximum atomic E-state index is 14.5. The van der Waals surface area contributed by atoms with Crippen LogP contribution in [-0.4, -0.2) is 41.1 Å². The van der Waals surface area contributed by atoms with E-state index in [-0.39, 0.29) is 30.4 Å². The molecule has 0 radical (unpaired) electrons. The second kappa shape index (κ2) is 7.75. The van der Waals surface area contributed by atoms with Gasteiger partial charge in [-0.25, -0.2) is 0 Å². The number of benzene rings is 3. The molecule has 7 rings (SSSR count). The average molecular weight is 505 g/mol. The van der Waals surface area contributed by atoms with Crippen LogP contribution in [0.15, 0.2) is 66.7 Å². The van der Waals surface area contributed by atoms with Crippen molar-refractivity contribution in [1.82, 2.24) is 4.90 Å². The Morgan fingerprint density at radius 3 is 2.74 bits per heavy atom. The van der Waals surface area contributed by atoms with Gasteiger partial charge in [-0.3, -0.25) is 14.5 Å². The monoisotopic (exact) mass is 504 g/mol. The van der Waals surface area contributed by atoms with E-state index in [9.17, 15) is 9.59 Å². The zero-order valence-corrected chi connectivity index (χ0v) is 20.1. The van der Waals surface area contributed by atoms with Gasteiger partial charge in [-0.15, -0.1) is 11.8 Å². The Morgan fingerprint density at radius 2 is 1.89 bits per heavy atom. The number of thioether (sulfide) groups is 1. The van der Waals surface area contributed by atoms with E-state index in [1.165, 1.54) is 0 Å². The van der Waals surface area contributed by atoms with Crippen LogP contribution in [0.5, 0.6) is 11.5 Å². The molecule has 176 valence electrons. The smallest absolute Gasteiger partial charge is 0.250 e. The molecule has 4 atom stereocenters. The summed E-state index contributed by atoms with van der Waals surface area (Å²) in [6, 6.07) is 20.9. The lowest BCUT2D eigenvalue weighted by Gasteiger charge is -2.36. The van der Waals surface area contributed by atoms with Crippen LogP contribution in [0.2, 0.25) is 5.02 Å². The summed E-state index contributed by atoms with van der Waals surface area (Å²) in [6.07, 6.45) is 0. The Bertz CT molecular complexity index is 1380. The summed E-state index contributed by atoms with van der Waals surface area (Å²) in [4.78, 5) is 30.8. The third kappa shape index (κ3) is 2.89. The molecule has 0 aliphatic carbocycles. The molecule has 8 heteroatoms. The van der Waals surface area contributed by atoms with Gasteiger partial charge in [0.25, 0.3) is 0 Å². The minimum Gasteiger partial charge on any atom is -0.454 e. The average Bonchev–Trinajstić information content (AvgIpc) is 3.63. The highest BCUT2D eigenvalue weighted by molar-refractivity contribution is 7.99. The molecule has 0 saturated carbocycles. The van der Waals surface area contributed by atoms with Crippen molar-refractivity contribution in [2.45, 2.75) is 17.5 Å². The number of hydrogen-bond donors (Lipinski definition) is 1. The standard InChI is InChI=1S/C27H21ClN2O4S/c28-17-7-8-19-18(11-17)27(26(32)29-19)24(25(31)16-6-9-21-22(10-16)34-14-33-21)23(15-4-2-1-3-5-15)20-12-35-13-30(20)27/h1-11,20,23-24H,12-14H2,(H,29,32)/t20-,23-,24+,27+/m0/s1. The number of rotatable bonds is 3. The van der Waals surface area contributed by atoms with E-state index in [1.807, 2.05) is 30.3 Å². The molecule has 1 N–H and O–H groups in total. The maximum absolute atomic E-state index is 14.5. The molecule has 4 heterocycles. The fourth-order valence-electron chi connectivity index (χ4n) is 6.33. The van der Waals surface area contributed by atoms with Gasteiger partial charge in [-0.05, 0) is 42.0 Å². The first kappa shape index (κ1) is 21.3. The van der Waals surface area contributed by atoms with Gasteiger partial charge in [-0.2, -0.15) is 0 Å². The number of ether oxygens (including phenoxy) is 2. The molecular formula is C27H21ClN2O4S. The predicted octanol–water partition coefficient (Wildman–Crippen LogP) is 4.89. The van der Waals surface area contributed by atoms with Crippen LogP contribution in [0.4, 0.5) is 5.69 Å². The first-order valence-electron chi connectivity index (χ1n) is 11.5. The number of ketones is 1. The van der Waals surface area contributed by atoms with Crippen molar-refractivity contribution >= 4 is 40.7 Å². The molecule has 1 spiro atoms. The number of fused-ring (bicyclic) bond motifs is 5. The van der Waals surface area contributed by atoms with E-state index in [0.717, 1.165) is 16.9 Å². The molecule has 0 unspecified atom stereocenters. The van der Waals surface area contributed by atoms with Gasteiger partial charge in [0.1, 0.15) is 5.54 Å². The molecule has 2 saturated heterocycles. The lowest BCUT2D eigenvalue weighted by Crippen LogP contribution is -2.52. The summed E-state index contributed by atoms with van der Waals surface area (Å²) in [7, 11) is 0. The first-order chi connectivity index (χ1) is 17.1. The van der Waals surface area contributed by atoms with Gasteiger partial charge < -0.3 is 14.8 Å². The number of nitrogens with zero attached hydrogens (tertiary/aromatic N) is 1. The molecule has 1 amide bonds. The van der Waals surface area contributed by atoms with E-state index in [0.29, 0.717) is 33.6 Å². The second-order valence-corrected chi connectivity index (χ2v) is 10.7. The van der Waals surface area contributed by atoms with Crippen molar-refractivity contribution in [1.29, 1.82) is 0 Å². The molecule has 0 bridgehead atoms. The van der Waals surface area contributed by atoms with E-state index >= 15 is 0 Å². The zero-order valence-electron chi connectivity index (χ0n) is 18.6. The van der Waals surface area contributed by atoms with Crippen molar-refractivity contribution in [2.24, 2.45) is 5.92 Å². The number of carbonyl (C=O) groups excluding carboxylic acids is 2. The van der Waals surface area contributed by atoms with Crippen LogP contribution in [-0.2, 0) is 10.3 Å². The highest BCUT2D eigenvalue weighted by Crippen LogP contribution is 2.61. The molecule has 6 nitrogen and oxygen atoms in total. The van der Waals surface area contributed by atoms with E-state index in [2.05, 4.69) is 22.3 Å². The van der Waals surface area contributed by atoms with E-state index in [4.69, 9.17) is 21.1 Å². The molecule has 2 fully saturated rings. The third-order valence-corrected chi connectivity index (χ3v) is 8.98. The quantitative estimate of drug-likeness (QED) is 0.512. The summed E-state index contributed by atoms with van der Waals surface area (Å²) in [5.74, 6) is 1.62. The summed E-state index contributed by atoms with van der Waals surface area (Å²) in [5, 5.41) is 3.62. The number of halogens is 1. The van der Waals surface area contributed by atoms with Crippen LogP contribution in [0, 0.1) is 5.92 Å². The van der Waals surface area contributed by atoms with Crippen molar-refractivity contribution in [3.63, 3.8) is 0 Å². The fourth-order valence-corrected chi connectivity index (χ4v) is 7.82. The number of carbonyl (C=O) groups is 2.